The summed E-state index contributed by atoms with van der Waals surface area (Å²) in [5.41, 5.74) is 8.57. The molecule has 0 atom stereocenters. The van der Waals surface area contributed by atoms with Gasteiger partial charge in [0.2, 0.25) is 11.8 Å². The van der Waals surface area contributed by atoms with Crippen LogP contribution < -0.4 is 10.9 Å². The Morgan fingerprint density at radius 1 is 0.688 bits per heavy atom. The van der Waals surface area contributed by atoms with E-state index in [9.17, 15) is 9.59 Å². The van der Waals surface area contributed by atoms with Crippen LogP contribution in [-0.4, -0.2) is 23.2 Å². The molecule has 0 saturated carbocycles. The molecule has 0 radical (unpaired) electrons. The molecule has 2 N–H and O–H groups in total. The number of amides is 2. The Labute approximate surface area is 199 Å². The quantitative estimate of drug-likeness (QED) is 0.248. The molecule has 0 unspecified atom stereocenters. The Hall–Kier alpha value is -2.70. The van der Waals surface area contributed by atoms with Gasteiger partial charge < -0.3 is 0 Å². The van der Waals surface area contributed by atoms with Crippen molar-refractivity contribution in [3.8, 4) is 0 Å². The largest absolute Gasteiger partial charge is 0.273 e. The second kappa shape index (κ2) is 13.7. The molecule has 0 aliphatic heterocycles. The summed E-state index contributed by atoms with van der Waals surface area (Å²) in [5.74, 6) is -0.362. The smallest absolute Gasteiger partial charge is 0.240 e. The van der Waals surface area contributed by atoms with Crippen molar-refractivity contribution in [3.05, 3.63) is 69.7 Å². The lowest BCUT2D eigenvalue weighted by Gasteiger charge is -2.06. The number of nitrogens with zero attached hydrogens (tertiary/aromatic N) is 2. The van der Waals surface area contributed by atoms with Crippen LogP contribution in [0.4, 0.5) is 0 Å². The molecule has 0 saturated heterocycles. The molecule has 0 aromatic heterocycles. The van der Waals surface area contributed by atoms with Crippen LogP contribution in [-0.2, 0) is 9.59 Å². The Morgan fingerprint density at radius 3 is 1.34 bits per heavy atom. The van der Waals surface area contributed by atoms with Gasteiger partial charge in [0, 0.05) is 22.9 Å². The van der Waals surface area contributed by atoms with E-state index < -0.39 is 0 Å². The lowest BCUT2D eigenvalue weighted by atomic mass is 10.1. The van der Waals surface area contributed by atoms with Crippen LogP contribution in [0.15, 0.2) is 58.7 Å². The van der Waals surface area contributed by atoms with E-state index in [0.29, 0.717) is 48.6 Å². The highest BCUT2D eigenvalue weighted by molar-refractivity contribution is 6.31. The van der Waals surface area contributed by atoms with E-state index in [4.69, 9.17) is 23.2 Å². The van der Waals surface area contributed by atoms with Gasteiger partial charge in [-0.25, -0.2) is 10.9 Å². The Kier molecular flexibility index (Phi) is 10.9. The van der Waals surface area contributed by atoms with Crippen LogP contribution in [0.2, 0.25) is 10.0 Å². The number of carbonyl (C=O) groups excluding carboxylic acids is 2. The molecule has 6 nitrogen and oxygen atoms in total. The fraction of sp³-hybridized carbons (Fsp3) is 0.333. The number of hydrazone groups is 2. The molecular weight excluding hydrogens is 447 g/mol. The van der Waals surface area contributed by atoms with Gasteiger partial charge in [-0.2, -0.15) is 10.2 Å². The Balaban J connectivity index is 1.72. The lowest BCUT2D eigenvalue weighted by Crippen LogP contribution is -2.21. The molecule has 2 rings (SSSR count). The molecular formula is C24H28Cl2N4O2. The minimum atomic E-state index is -0.181. The Morgan fingerprint density at radius 2 is 1.03 bits per heavy atom. The maximum Gasteiger partial charge on any atom is 0.240 e. The number of hydrogen-bond acceptors (Lipinski definition) is 4. The number of halogens is 2. The van der Waals surface area contributed by atoms with Crippen LogP contribution in [0.5, 0.6) is 0 Å². The first-order valence-electron chi connectivity index (χ1n) is 10.7. The van der Waals surface area contributed by atoms with E-state index >= 15 is 0 Å². The molecule has 0 heterocycles. The topological polar surface area (TPSA) is 82.9 Å². The molecule has 0 spiro atoms. The second-order valence-corrected chi connectivity index (χ2v) is 7.99. The summed E-state index contributed by atoms with van der Waals surface area (Å²) in [7, 11) is 0. The van der Waals surface area contributed by atoms with E-state index in [2.05, 4.69) is 21.1 Å². The van der Waals surface area contributed by atoms with Gasteiger partial charge in [0.1, 0.15) is 0 Å². The molecule has 0 fully saturated rings. The van der Waals surface area contributed by atoms with Crippen molar-refractivity contribution in [3.63, 3.8) is 0 Å². The SMILES string of the molecule is CC/C(=N\NC(=O)CCCCC(=O)N/N=C(\CC)c1ccc(Cl)cc1)c1ccc(Cl)cc1. The maximum atomic E-state index is 12.1. The first-order valence-corrected chi connectivity index (χ1v) is 11.4. The van der Waals surface area contributed by atoms with Crippen LogP contribution in [0.1, 0.15) is 63.5 Å². The van der Waals surface area contributed by atoms with Crippen LogP contribution in [0.3, 0.4) is 0 Å². The highest BCUT2D eigenvalue weighted by Gasteiger charge is 2.07. The van der Waals surface area contributed by atoms with Gasteiger partial charge in [-0.05, 0) is 61.1 Å². The second-order valence-electron chi connectivity index (χ2n) is 7.11. The summed E-state index contributed by atoms with van der Waals surface area (Å²) in [4.78, 5) is 24.1. The van der Waals surface area contributed by atoms with E-state index in [1.165, 1.54) is 0 Å². The zero-order chi connectivity index (χ0) is 23.3. The van der Waals surface area contributed by atoms with Crippen LogP contribution >= 0.6 is 23.2 Å². The number of nitrogens with one attached hydrogen (secondary N) is 2. The summed E-state index contributed by atoms with van der Waals surface area (Å²) in [6.07, 6.45) is 3.11. The van der Waals surface area contributed by atoms with Gasteiger partial charge >= 0.3 is 0 Å². The number of hydrogen-bond donors (Lipinski definition) is 2. The van der Waals surface area contributed by atoms with Crippen molar-refractivity contribution in [2.45, 2.75) is 52.4 Å². The summed E-state index contributed by atoms with van der Waals surface area (Å²) < 4.78 is 0. The van der Waals surface area contributed by atoms with Crippen molar-refractivity contribution in [1.29, 1.82) is 0 Å². The van der Waals surface area contributed by atoms with E-state index in [1.54, 1.807) is 24.3 Å². The van der Waals surface area contributed by atoms with Gasteiger partial charge in [-0.15, -0.1) is 0 Å². The van der Waals surface area contributed by atoms with E-state index in [0.717, 1.165) is 22.6 Å². The van der Waals surface area contributed by atoms with Crippen molar-refractivity contribution < 1.29 is 9.59 Å². The standard InChI is InChI=1S/C24H28Cl2N4O2/c1-3-21(17-9-13-19(25)14-10-17)27-29-23(31)7-5-6-8-24(32)30-28-22(4-2)18-11-15-20(26)16-12-18/h9-16H,3-8H2,1-2H3,(H,29,31)(H,30,32)/b27-21+,28-22+. The van der Waals surface area contributed by atoms with Crippen molar-refractivity contribution in [1.82, 2.24) is 10.9 Å². The first-order chi connectivity index (χ1) is 15.4. The van der Waals surface area contributed by atoms with Crippen molar-refractivity contribution in [2.75, 3.05) is 0 Å². The maximum absolute atomic E-state index is 12.1. The van der Waals surface area contributed by atoms with E-state index in [1.807, 2.05) is 38.1 Å². The van der Waals surface area contributed by atoms with Crippen LogP contribution in [0.25, 0.3) is 0 Å². The predicted octanol–water partition coefficient (Wildman–Crippen LogP) is 5.71. The predicted molar refractivity (Wildman–Crippen MR) is 131 cm³/mol. The molecule has 32 heavy (non-hydrogen) atoms. The average molecular weight is 475 g/mol. The zero-order valence-corrected chi connectivity index (χ0v) is 19.8. The average Bonchev–Trinajstić information content (AvgIpc) is 2.79. The zero-order valence-electron chi connectivity index (χ0n) is 18.3. The highest BCUT2D eigenvalue weighted by atomic mass is 35.5. The minimum Gasteiger partial charge on any atom is -0.273 e. The van der Waals surface area contributed by atoms with E-state index in [-0.39, 0.29) is 11.8 Å². The summed E-state index contributed by atoms with van der Waals surface area (Å²) >= 11 is 11.8. The normalized spacial score (nSPS) is 11.9. The number of rotatable bonds is 11. The molecule has 2 amide bonds. The van der Waals surface area contributed by atoms with Gasteiger partial charge in [0.15, 0.2) is 0 Å². The van der Waals surface area contributed by atoms with Gasteiger partial charge in [0.25, 0.3) is 0 Å². The number of benzene rings is 2. The van der Waals surface area contributed by atoms with Crippen molar-refractivity contribution in [2.24, 2.45) is 10.2 Å². The molecule has 2 aromatic carbocycles. The fourth-order valence-corrected chi connectivity index (χ4v) is 3.17. The third-order valence-corrected chi connectivity index (χ3v) is 5.22. The molecule has 0 bridgehead atoms. The van der Waals surface area contributed by atoms with Gasteiger partial charge in [-0.3, -0.25) is 9.59 Å². The van der Waals surface area contributed by atoms with Crippen molar-refractivity contribution >= 4 is 46.4 Å². The molecule has 0 aliphatic rings. The summed E-state index contributed by atoms with van der Waals surface area (Å²) in [6, 6.07) is 14.6. The molecule has 8 heteroatoms. The molecule has 0 aliphatic carbocycles. The third kappa shape index (κ3) is 8.81. The highest BCUT2D eigenvalue weighted by Crippen LogP contribution is 2.12. The number of unbranched alkanes of at least 4 members (excludes halogenated alkanes) is 1. The first kappa shape index (κ1) is 25.6. The monoisotopic (exact) mass is 474 g/mol. The summed E-state index contributed by atoms with van der Waals surface area (Å²) in [6.45, 7) is 3.94. The van der Waals surface area contributed by atoms with Crippen LogP contribution in [0, 0.1) is 0 Å². The third-order valence-electron chi connectivity index (χ3n) is 4.71. The molecule has 2 aromatic rings. The minimum absolute atomic E-state index is 0.181. The fourth-order valence-electron chi connectivity index (χ4n) is 2.92. The number of carbonyl (C=O) groups is 2. The van der Waals surface area contributed by atoms with Gasteiger partial charge in [0.05, 0.1) is 11.4 Å². The lowest BCUT2D eigenvalue weighted by molar-refractivity contribution is -0.123. The Bertz CT molecular complexity index is 875. The van der Waals surface area contributed by atoms with Gasteiger partial charge in [-0.1, -0.05) is 61.3 Å². The molecule has 170 valence electrons. The summed E-state index contributed by atoms with van der Waals surface area (Å²) in [5, 5.41) is 9.74.